The fourth-order valence-corrected chi connectivity index (χ4v) is 4.96. The van der Waals surface area contributed by atoms with Crippen LogP contribution < -0.4 is 4.31 Å². The second kappa shape index (κ2) is 6.07. The summed E-state index contributed by atoms with van der Waals surface area (Å²) in [6.45, 7) is 1.79. The maximum atomic E-state index is 13.1. The first kappa shape index (κ1) is 16.7. The zero-order chi connectivity index (χ0) is 17.5. The molecule has 0 bridgehead atoms. The van der Waals surface area contributed by atoms with Crippen molar-refractivity contribution >= 4 is 33.0 Å². The molecule has 0 aliphatic carbocycles. The van der Waals surface area contributed by atoms with Gasteiger partial charge in [0.05, 0.1) is 15.5 Å². The molecule has 1 aliphatic rings. The third-order valence-corrected chi connectivity index (χ3v) is 6.33. The molecular weight excluding hydrogens is 352 g/mol. The summed E-state index contributed by atoms with van der Waals surface area (Å²) < 4.78 is 27.5. The summed E-state index contributed by atoms with van der Waals surface area (Å²) in [6.07, 6.45) is 1.41. The van der Waals surface area contributed by atoms with E-state index >= 15 is 0 Å². The van der Waals surface area contributed by atoms with E-state index < -0.39 is 14.9 Å². The van der Waals surface area contributed by atoms with Crippen molar-refractivity contribution in [3.8, 4) is 0 Å². The van der Waals surface area contributed by atoms with Gasteiger partial charge in [-0.15, -0.1) is 0 Å². The fourth-order valence-electron chi connectivity index (χ4n) is 2.98. The molecule has 0 N–H and O–H groups in total. The summed E-state index contributed by atoms with van der Waals surface area (Å²) in [6, 6.07) is 9.19. The molecule has 0 spiro atoms. The minimum atomic E-state index is -3.89. The zero-order valence-electron chi connectivity index (χ0n) is 12.9. The lowest BCUT2D eigenvalue weighted by atomic mass is 10.0. The second-order valence-corrected chi connectivity index (χ2v) is 7.88. The van der Waals surface area contributed by atoms with Crippen LogP contribution in [0.25, 0.3) is 0 Å². The molecule has 8 heteroatoms. The highest BCUT2D eigenvalue weighted by molar-refractivity contribution is 7.92. The van der Waals surface area contributed by atoms with Gasteiger partial charge in [-0.2, -0.15) is 0 Å². The van der Waals surface area contributed by atoms with Gasteiger partial charge < -0.3 is 0 Å². The van der Waals surface area contributed by atoms with E-state index in [0.29, 0.717) is 23.7 Å². The minimum absolute atomic E-state index is 0.0421. The standard InChI is InChI=1S/C16H15ClN2O4S/c1-11-14(19(20)21)5-2-6-16(11)24(22,23)18-9-3-4-12-10-13(17)7-8-15(12)18/h2,5-8,10H,3-4,9H2,1H3. The lowest BCUT2D eigenvalue weighted by molar-refractivity contribution is -0.385. The number of benzene rings is 2. The van der Waals surface area contributed by atoms with Crippen molar-refractivity contribution in [2.75, 3.05) is 10.8 Å². The van der Waals surface area contributed by atoms with E-state index in [1.165, 1.54) is 29.4 Å². The van der Waals surface area contributed by atoms with Crippen molar-refractivity contribution in [1.82, 2.24) is 0 Å². The van der Waals surface area contributed by atoms with Crippen molar-refractivity contribution in [2.24, 2.45) is 0 Å². The summed E-state index contributed by atoms with van der Waals surface area (Å²) >= 11 is 5.99. The molecule has 24 heavy (non-hydrogen) atoms. The number of sulfonamides is 1. The van der Waals surface area contributed by atoms with Gasteiger partial charge in [0, 0.05) is 23.2 Å². The first-order valence-electron chi connectivity index (χ1n) is 7.37. The number of nitro groups is 1. The van der Waals surface area contributed by atoms with Crippen LogP contribution in [0.1, 0.15) is 17.5 Å². The normalized spacial score (nSPS) is 14.3. The van der Waals surface area contributed by atoms with Gasteiger partial charge in [-0.3, -0.25) is 14.4 Å². The molecule has 0 aromatic heterocycles. The van der Waals surface area contributed by atoms with Gasteiger partial charge in [-0.05, 0) is 49.6 Å². The molecule has 1 aliphatic heterocycles. The first-order chi connectivity index (χ1) is 11.3. The van der Waals surface area contributed by atoms with Crippen molar-refractivity contribution in [3.05, 3.63) is 62.7 Å². The Hall–Kier alpha value is -2.12. The fraction of sp³-hybridized carbons (Fsp3) is 0.250. The van der Waals surface area contributed by atoms with E-state index in [0.717, 1.165) is 12.0 Å². The number of hydrogen-bond donors (Lipinski definition) is 0. The quantitative estimate of drug-likeness (QED) is 0.612. The number of fused-ring (bicyclic) bond motifs is 1. The van der Waals surface area contributed by atoms with Gasteiger partial charge in [0.15, 0.2) is 0 Å². The average Bonchev–Trinajstić information content (AvgIpc) is 2.53. The highest BCUT2D eigenvalue weighted by Crippen LogP contribution is 2.35. The maximum Gasteiger partial charge on any atom is 0.273 e. The van der Waals surface area contributed by atoms with Crippen LogP contribution in [0, 0.1) is 17.0 Å². The van der Waals surface area contributed by atoms with E-state index in [4.69, 9.17) is 11.6 Å². The number of nitro benzene ring substituents is 1. The molecule has 2 aromatic carbocycles. The summed E-state index contributed by atoms with van der Waals surface area (Å²) in [5, 5.41) is 11.7. The Morgan fingerprint density at radius 3 is 2.71 bits per heavy atom. The number of aryl methyl sites for hydroxylation is 1. The van der Waals surface area contributed by atoms with E-state index in [1.807, 2.05) is 0 Å². The number of anilines is 1. The van der Waals surface area contributed by atoms with Gasteiger partial charge >= 0.3 is 0 Å². The van der Waals surface area contributed by atoms with E-state index in [2.05, 4.69) is 0 Å². The van der Waals surface area contributed by atoms with Crippen LogP contribution in [0.15, 0.2) is 41.3 Å². The van der Waals surface area contributed by atoms with Crippen LogP contribution in [-0.2, 0) is 16.4 Å². The number of halogens is 1. The maximum absolute atomic E-state index is 13.1. The van der Waals surface area contributed by atoms with Crippen molar-refractivity contribution in [3.63, 3.8) is 0 Å². The van der Waals surface area contributed by atoms with E-state index in [1.54, 1.807) is 18.2 Å². The molecule has 0 saturated carbocycles. The minimum Gasteiger partial charge on any atom is -0.266 e. The molecular formula is C16H15ClN2O4S. The predicted molar refractivity (Wildman–Crippen MR) is 92.1 cm³/mol. The van der Waals surface area contributed by atoms with Gasteiger partial charge in [-0.25, -0.2) is 8.42 Å². The summed E-state index contributed by atoms with van der Waals surface area (Å²) in [5.41, 5.74) is 1.38. The molecule has 6 nitrogen and oxygen atoms in total. The second-order valence-electron chi connectivity index (χ2n) is 5.61. The third kappa shape index (κ3) is 2.74. The summed E-state index contributed by atoms with van der Waals surface area (Å²) in [7, 11) is -3.89. The largest absolute Gasteiger partial charge is 0.273 e. The molecule has 1 heterocycles. The van der Waals surface area contributed by atoms with Gasteiger partial charge in [0.1, 0.15) is 0 Å². The Labute approximate surface area is 144 Å². The van der Waals surface area contributed by atoms with Crippen LogP contribution >= 0.6 is 11.6 Å². The van der Waals surface area contributed by atoms with E-state index in [-0.39, 0.29) is 16.1 Å². The summed E-state index contributed by atoms with van der Waals surface area (Å²) in [4.78, 5) is 10.5. The van der Waals surface area contributed by atoms with Crippen LogP contribution in [0.4, 0.5) is 11.4 Å². The van der Waals surface area contributed by atoms with Crippen molar-refractivity contribution < 1.29 is 13.3 Å². The highest BCUT2D eigenvalue weighted by Gasteiger charge is 2.32. The van der Waals surface area contributed by atoms with E-state index in [9.17, 15) is 18.5 Å². The molecule has 0 amide bonds. The predicted octanol–water partition coefficient (Wildman–Crippen LogP) is 3.70. The number of hydrogen-bond acceptors (Lipinski definition) is 4. The topological polar surface area (TPSA) is 80.5 Å². The van der Waals surface area contributed by atoms with Crippen LogP contribution in [0.2, 0.25) is 5.02 Å². The number of rotatable bonds is 3. The first-order valence-corrected chi connectivity index (χ1v) is 9.19. The molecule has 0 saturated heterocycles. The highest BCUT2D eigenvalue weighted by atomic mass is 35.5. The third-order valence-electron chi connectivity index (χ3n) is 4.14. The van der Waals surface area contributed by atoms with Crippen LogP contribution in [0.5, 0.6) is 0 Å². The van der Waals surface area contributed by atoms with Crippen molar-refractivity contribution in [1.29, 1.82) is 0 Å². The Bertz CT molecular complexity index is 928. The Balaban J connectivity index is 2.14. The summed E-state index contributed by atoms with van der Waals surface area (Å²) in [5.74, 6) is 0. The van der Waals surface area contributed by atoms with Crippen LogP contribution in [-0.4, -0.2) is 19.9 Å². The lowest BCUT2D eigenvalue weighted by Crippen LogP contribution is -2.35. The van der Waals surface area contributed by atoms with Crippen molar-refractivity contribution in [2.45, 2.75) is 24.7 Å². The number of nitrogens with zero attached hydrogens (tertiary/aromatic N) is 2. The molecule has 0 unspecified atom stereocenters. The Kier molecular flexibility index (Phi) is 4.23. The zero-order valence-corrected chi connectivity index (χ0v) is 14.5. The molecule has 3 rings (SSSR count). The SMILES string of the molecule is Cc1c([N+](=O)[O-])cccc1S(=O)(=O)N1CCCc2cc(Cl)ccc21. The van der Waals surface area contributed by atoms with Gasteiger partial charge in [-0.1, -0.05) is 17.7 Å². The molecule has 2 aromatic rings. The molecule has 0 fully saturated rings. The molecule has 126 valence electrons. The molecule has 0 radical (unpaired) electrons. The lowest BCUT2D eigenvalue weighted by Gasteiger charge is -2.31. The monoisotopic (exact) mass is 366 g/mol. The Morgan fingerprint density at radius 1 is 1.25 bits per heavy atom. The Morgan fingerprint density at radius 2 is 2.00 bits per heavy atom. The smallest absolute Gasteiger partial charge is 0.266 e. The molecule has 0 atom stereocenters. The average molecular weight is 367 g/mol. The van der Waals surface area contributed by atoms with Crippen LogP contribution in [0.3, 0.4) is 0 Å². The van der Waals surface area contributed by atoms with Gasteiger partial charge in [0.25, 0.3) is 15.7 Å². The van der Waals surface area contributed by atoms with Gasteiger partial charge in [0.2, 0.25) is 0 Å².